The molecule has 1 unspecified atom stereocenters. The highest BCUT2D eigenvalue weighted by Crippen LogP contribution is 2.18. The molecule has 110 valence electrons. The molecule has 4 heteroatoms. The molecule has 0 spiro atoms. The highest BCUT2D eigenvalue weighted by Gasteiger charge is 2.20. The molecule has 1 aromatic rings. The smallest absolute Gasteiger partial charge is 0.253 e. The second-order valence-corrected chi connectivity index (χ2v) is 5.86. The summed E-state index contributed by atoms with van der Waals surface area (Å²) in [7, 11) is 0. The maximum Gasteiger partial charge on any atom is 0.253 e. The molecule has 1 saturated heterocycles. The fourth-order valence-electron chi connectivity index (χ4n) is 2.61. The van der Waals surface area contributed by atoms with Crippen LogP contribution in [0.4, 0.5) is 0 Å². The minimum atomic E-state index is 0.0711. The third kappa shape index (κ3) is 3.74. The lowest BCUT2D eigenvalue weighted by atomic mass is 10.0. The van der Waals surface area contributed by atoms with Crippen LogP contribution < -0.4 is 5.32 Å². The molecule has 1 amide bonds. The average molecular weight is 295 g/mol. The van der Waals surface area contributed by atoms with Crippen LogP contribution in [0.25, 0.3) is 0 Å². The number of piperidine rings is 1. The molecule has 20 heavy (non-hydrogen) atoms. The van der Waals surface area contributed by atoms with Crippen molar-refractivity contribution in [2.45, 2.75) is 39.2 Å². The summed E-state index contributed by atoms with van der Waals surface area (Å²) in [5, 5.41) is 4.15. The summed E-state index contributed by atoms with van der Waals surface area (Å²) < 4.78 is 0. The SMILES string of the molecule is CCN(CC1CCCCN1)C(=O)c1ccc(C)c(Cl)c1. The van der Waals surface area contributed by atoms with Crippen LogP contribution in [0.1, 0.15) is 42.1 Å². The predicted octanol–water partition coefficient (Wildman–Crippen LogP) is 3.25. The molecule has 1 atom stereocenters. The number of aryl methyl sites for hydroxylation is 1. The van der Waals surface area contributed by atoms with Gasteiger partial charge in [-0.2, -0.15) is 0 Å². The standard InChI is InChI=1S/C16H23ClN2O/c1-3-19(11-14-6-4-5-9-18-14)16(20)13-8-7-12(2)15(17)10-13/h7-8,10,14,18H,3-6,9,11H2,1-2H3. The fourth-order valence-corrected chi connectivity index (χ4v) is 2.79. The van der Waals surface area contributed by atoms with E-state index in [2.05, 4.69) is 5.32 Å². The second kappa shape index (κ2) is 7.09. The van der Waals surface area contributed by atoms with Crippen LogP contribution in [0.15, 0.2) is 18.2 Å². The molecule has 0 aromatic heterocycles. The molecule has 1 fully saturated rings. The van der Waals surface area contributed by atoms with E-state index in [1.54, 1.807) is 6.07 Å². The summed E-state index contributed by atoms with van der Waals surface area (Å²) in [6, 6.07) is 5.97. The summed E-state index contributed by atoms with van der Waals surface area (Å²) in [4.78, 5) is 14.5. The van der Waals surface area contributed by atoms with Crippen LogP contribution in [0.3, 0.4) is 0 Å². The second-order valence-electron chi connectivity index (χ2n) is 5.45. The first-order valence-electron chi connectivity index (χ1n) is 7.40. The molecule has 0 bridgehead atoms. The van der Waals surface area contributed by atoms with Crippen molar-refractivity contribution >= 4 is 17.5 Å². The van der Waals surface area contributed by atoms with Gasteiger partial charge in [0.1, 0.15) is 0 Å². The minimum Gasteiger partial charge on any atom is -0.337 e. The van der Waals surface area contributed by atoms with Crippen LogP contribution in [-0.4, -0.2) is 36.5 Å². The number of hydrogen-bond acceptors (Lipinski definition) is 2. The topological polar surface area (TPSA) is 32.3 Å². The number of amides is 1. The molecular weight excluding hydrogens is 272 g/mol. The fraction of sp³-hybridized carbons (Fsp3) is 0.562. The Morgan fingerprint density at radius 3 is 2.85 bits per heavy atom. The van der Waals surface area contributed by atoms with Crippen LogP contribution in [-0.2, 0) is 0 Å². The number of nitrogens with zero attached hydrogens (tertiary/aromatic N) is 1. The van der Waals surface area contributed by atoms with Gasteiger partial charge in [-0.15, -0.1) is 0 Å². The maximum atomic E-state index is 12.6. The van der Waals surface area contributed by atoms with Crippen molar-refractivity contribution in [3.8, 4) is 0 Å². The maximum absolute atomic E-state index is 12.6. The summed E-state index contributed by atoms with van der Waals surface area (Å²) in [5.41, 5.74) is 1.68. The van der Waals surface area contributed by atoms with Gasteiger partial charge in [0.05, 0.1) is 0 Å². The lowest BCUT2D eigenvalue weighted by molar-refractivity contribution is 0.0741. The van der Waals surface area contributed by atoms with Gasteiger partial charge >= 0.3 is 0 Å². The highest BCUT2D eigenvalue weighted by molar-refractivity contribution is 6.31. The van der Waals surface area contributed by atoms with Gasteiger partial charge in [-0.1, -0.05) is 24.1 Å². The van der Waals surface area contributed by atoms with E-state index < -0.39 is 0 Å². The van der Waals surface area contributed by atoms with E-state index in [-0.39, 0.29) is 5.91 Å². The monoisotopic (exact) mass is 294 g/mol. The number of rotatable bonds is 4. The zero-order valence-electron chi connectivity index (χ0n) is 12.3. The van der Waals surface area contributed by atoms with Gasteiger partial charge < -0.3 is 10.2 Å². The molecule has 2 rings (SSSR count). The Hall–Kier alpha value is -1.06. The first-order valence-corrected chi connectivity index (χ1v) is 7.78. The molecule has 1 heterocycles. The van der Waals surface area contributed by atoms with Crippen molar-refractivity contribution in [2.24, 2.45) is 0 Å². The number of carbonyl (C=O) groups is 1. The van der Waals surface area contributed by atoms with Crippen molar-refractivity contribution in [1.82, 2.24) is 10.2 Å². The predicted molar refractivity (Wildman–Crippen MR) is 83.4 cm³/mol. The Morgan fingerprint density at radius 2 is 2.25 bits per heavy atom. The third-order valence-corrected chi connectivity index (χ3v) is 4.35. The van der Waals surface area contributed by atoms with E-state index in [0.717, 1.165) is 31.6 Å². The van der Waals surface area contributed by atoms with Crippen molar-refractivity contribution in [2.75, 3.05) is 19.6 Å². The molecule has 0 aliphatic carbocycles. The number of benzene rings is 1. The van der Waals surface area contributed by atoms with Gasteiger partial charge in [-0.05, 0) is 50.9 Å². The Labute approximate surface area is 126 Å². The number of halogens is 1. The summed E-state index contributed by atoms with van der Waals surface area (Å²) in [5.74, 6) is 0.0711. The van der Waals surface area contributed by atoms with Crippen molar-refractivity contribution in [1.29, 1.82) is 0 Å². The van der Waals surface area contributed by atoms with E-state index in [1.807, 2.05) is 30.9 Å². The van der Waals surface area contributed by atoms with Gasteiger partial charge in [-0.25, -0.2) is 0 Å². The summed E-state index contributed by atoms with van der Waals surface area (Å²) in [6.07, 6.45) is 3.64. The van der Waals surface area contributed by atoms with E-state index in [9.17, 15) is 4.79 Å². The molecule has 1 N–H and O–H groups in total. The molecule has 0 radical (unpaired) electrons. The molecule has 1 aromatic carbocycles. The van der Waals surface area contributed by atoms with E-state index in [0.29, 0.717) is 16.6 Å². The number of likely N-dealkylation sites (N-methyl/N-ethyl adjacent to an activating group) is 1. The van der Waals surface area contributed by atoms with Gasteiger partial charge in [0.25, 0.3) is 5.91 Å². The first kappa shape index (κ1) is 15.3. The van der Waals surface area contributed by atoms with Crippen LogP contribution in [0.2, 0.25) is 5.02 Å². The zero-order chi connectivity index (χ0) is 14.5. The quantitative estimate of drug-likeness (QED) is 0.924. The van der Waals surface area contributed by atoms with Gasteiger partial charge in [0.15, 0.2) is 0 Å². The minimum absolute atomic E-state index is 0.0711. The number of carbonyl (C=O) groups excluding carboxylic acids is 1. The van der Waals surface area contributed by atoms with Crippen LogP contribution >= 0.6 is 11.6 Å². The Morgan fingerprint density at radius 1 is 1.45 bits per heavy atom. The van der Waals surface area contributed by atoms with Gasteiger partial charge in [0, 0.05) is 29.7 Å². The van der Waals surface area contributed by atoms with Gasteiger partial charge in [0.2, 0.25) is 0 Å². The molecule has 3 nitrogen and oxygen atoms in total. The van der Waals surface area contributed by atoms with Crippen molar-refractivity contribution in [3.63, 3.8) is 0 Å². The van der Waals surface area contributed by atoms with Crippen molar-refractivity contribution < 1.29 is 4.79 Å². The van der Waals surface area contributed by atoms with Crippen LogP contribution in [0.5, 0.6) is 0 Å². The number of hydrogen-bond donors (Lipinski definition) is 1. The molecule has 1 aliphatic rings. The van der Waals surface area contributed by atoms with Crippen LogP contribution in [0, 0.1) is 6.92 Å². The normalized spacial score (nSPS) is 18.9. The average Bonchev–Trinajstić information content (AvgIpc) is 2.48. The molecular formula is C16H23ClN2O. The summed E-state index contributed by atoms with van der Waals surface area (Å²) in [6.45, 7) is 6.53. The summed E-state index contributed by atoms with van der Waals surface area (Å²) >= 11 is 6.11. The Kier molecular flexibility index (Phi) is 5.44. The lowest BCUT2D eigenvalue weighted by Gasteiger charge is -2.30. The van der Waals surface area contributed by atoms with Gasteiger partial charge in [-0.3, -0.25) is 4.79 Å². The Bertz CT molecular complexity index is 470. The largest absolute Gasteiger partial charge is 0.337 e. The van der Waals surface area contributed by atoms with E-state index in [4.69, 9.17) is 11.6 Å². The zero-order valence-corrected chi connectivity index (χ0v) is 13.0. The lowest BCUT2D eigenvalue weighted by Crippen LogP contribution is -2.45. The molecule has 0 saturated carbocycles. The van der Waals surface area contributed by atoms with Crippen molar-refractivity contribution in [3.05, 3.63) is 34.3 Å². The van der Waals surface area contributed by atoms with E-state index >= 15 is 0 Å². The third-order valence-electron chi connectivity index (χ3n) is 3.94. The van der Waals surface area contributed by atoms with E-state index in [1.165, 1.54) is 12.8 Å². The molecule has 1 aliphatic heterocycles. The Balaban J connectivity index is 2.05. The number of nitrogens with one attached hydrogen (secondary N) is 1. The highest BCUT2D eigenvalue weighted by atomic mass is 35.5. The first-order chi connectivity index (χ1) is 9.61.